The molecule has 0 spiro atoms. The first-order chi connectivity index (χ1) is 14.7. The second kappa shape index (κ2) is 8.00. The van der Waals surface area contributed by atoms with Crippen molar-refractivity contribution in [3.05, 3.63) is 46.0 Å². The molecule has 172 valence electrons. The van der Waals surface area contributed by atoms with Crippen molar-refractivity contribution in [1.29, 1.82) is 0 Å². The molecular weight excluding hydrogens is 465 g/mol. The van der Waals surface area contributed by atoms with E-state index in [1.165, 1.54) is 12.1 Å². The molecule has 0 atom stereocenters. The van der Waals surface area contributed by atoms with Crippen molar-refractivity contribution < 1.29 is 26.4 Å². The summed E-state index contributed by atoms with van der Waals surface area (Å²) in [7, 11) is -4.66. The fraction of sp³-hybridized carbons (Fsp3) is 0.350. The highest BCUT2D eigenvalue weighted by Gasteiger charge is 2.57. The molecule has 1 aromatic carbocycles. The number of aryl methyl sites for hydroxylation is 2. The summed E-state index contributed by atoms with van der Waals surface area (Å²) in [6, 6.07) is 4.90. The van der Waals surface area contributed by atoms with Gasteiger partial charge < -0.3 is 11.1 Å². The van der Waals surface area contributed by atoms with Crippen LogP contribution in [0, 0.1) is 13.8 Å². The second-order valence-electron chi connectivity index (χ2n) is 7.77. The fourth-order valence-corrected chi connectivity index (χ4v) is 5.31. The van der Waals surface area contributed by atoms with Crippen LogP contribution in [0.15, 0.2) is 29.2 Å². The predicted molar refractivity (Wildman–Crippen MR) is 116 cm³/mol. The standard InChI is InChI=1S/C20H21F3N4O3S2/c1-10-11(2)26-27-18-14(10)15(24)16(31-18)17(28)25-9-12-5-7-13(8-6-12)32(29,30)19(3,4)20(21,22)23/h5-8H,9,24H2,1-4H3,(H,25,28). The minimum atomic E-state index is -4.93. The Morgan fingerprint density at radius 2 is 1.72 bits per heavy atom. The molecule has 0 fully saturated rings. The van der Waals surface area contributed by atoms with Gasteiger partial charge >= 0.3 is 6.18 Å². The summed E-state index contributed by atoms with van der Waals surface area (Å²) in [6.45, 7) is 4.91. The first-order valence-electron chi connectivity index (χ1n) is 9.39. The highest BCUT2D eigenvalue weighted by atomic mass is 32.2. The highest BCUT2D eigenvalue weighted by Crippen LogP contribution is 2.40. The molecule has 3 aromatic rings. The molecule has 3 N–H and O–H groups in total. The van der Waals surface area contributed by atoms with Gasteiger partial charge in [-0.15, -0.1) is 16.4 Å². The zero-order valence-electron chi connectivity index (χ0n) is 17.7. The number of thiophene rings is 1. The van der Waals surface area contributed by atoms with Gasteiger partial charge in [-0.25, -0.2) is 8.42 Å². The first kappa shape index (κ1) is 23.9. The molecule has 0 saturated heterocycles. The normalized spacial score (nSPS) is 12.8. The molecule has 0 radical (unpaired) electrons. The van der Waals surface area contributed by atoms with Crippen molar-refractivity contribution in [2.24, 2.45) is 0 Å². The molecular formula is C20H21F3N4O3S2. The third kappa shape index (κ3) is 3.92. The first-order valence-corrected chi connectivity index (χ1v) is 11.7. The number of rotatable bonds is 5. The van der Waals surface area contributed by atoms with Crippen LogP contribution in [0.5, 0.6) is 0 Å². The number of alkyl halides is 3. The quantitative estimate of drug-likeness (QED) is 0.565. The molecule has 0 aliphatic heterocycles. The third-order valence-corrected chi connectivity index (χ3v) is 8.94. The maximum Gasteiger partial charge on any atom is 0.408 e. The Balaban J connectivity index is 1.78. The van der Waals surface area contributed by atoms with E-state index in [0.29, 0.717) is 41.0 Å². The van der Waals surface area contributed by atoms with Gasteiger partial charge in [0.05, 0.1) is 16.3 Å². The number of anilines is 1. The lowest BCUT2D eigenvalue weighted by Crippen LogP contribution is -2.46. The van der Waals surface area contributed by atoms with Crippen LogP contribution in [0.1, 0.15) is 40.3 Å². The third-order valence-electron chi connectivity index (χ3n) is 5.38. The van der Waals surface area contributed by atoms with E-state index < -0.39 is 31.6 Å². The van der Waals surface area contributed by atoms with Crippen LogP contribution in [0.2, 0.25) is 0 Å². The minimum absolute atomic E-state index is 0.0270. The number of fused-ring (bicyclic) bond motifs is 1. The van der Waals surface area contributed by atoms with E-state index in [2.05, 4.69) is 15.5 Å². The summed E-state index contributed by atoms with van der Waals surface area (Å²) in [5.74, 6) is -0.447. The molecule has 32 heavy (non-hydrogen) atoms. The average Bonchev–Trinajstić information content (AvgIpc) is 3.05. The molecule has 7 nitrogen and oxygen atoms in total. The highest BCUT2D eigenvalue weighted by molar-refractivity contribution is 7.92. The van der Waals surface area contributed by atoms with E-state index in [1.807, 2.05) is 6.92 Å². The molecule has 0 unspecified atom stereocenters. The maximum atomic E-state index is 13.2. The van der Waals surface area contributed by atoms with Crippen molar-refractivity contribution in [3.63, 3.8) is 0 Å². The van der Waals surface area contributed by atoms with E-state index in [4.69, 9.17) is 5.73 Å². The Kier molecular flexibility index (Phi) is 5.98. The molecule has 2 heterocycles. The Morgan fingerprint density at radius 1 is 1.12 bits per heavy atom. The van der Waals surface area contributed by atoms with E-state index >= 15 is 0 Å². The zero-order chi connectivity index (χ0) is 24.1. The monoisotopic (exact) mass is 486 g/mol. The average molecular weight is 487 g/mol. The van der Waals surface area contributed by atoms with Gasteiger partial charge in [0, 0.05) is 11.9 Å². The number of carbonyl (C=O) groups excluding carboxylic acids is 1. The number of hydrogen-bond donors (Lipinski definition) is 2. The summed E-state index contributed by atoms with van der Waals surface area (Å²) in [6.07, 6.45) is -4.93. The van der Waals surface area contributed by atoms with Crippen LogP contribution in [0.4, 0.5) is 18.9 Å². The van der Waals surface area contributed by atoms with Gasteiger partial charge in [0.2, 0.25) is 0 Å². The molecule has 2 aromatic heterocycles. The Hall–Kier alpha value is -2.73. The van der Waals surface area contributed by atoms with Gasteiger partial charge in [0.15, 0.2) is 14.6 Å². The Labute approximate surface area is 186 Å². The van der Waals surface area contributed by atoms with Gasteiger partial charge in [-0.1, -0.05) is 12.1 Å². The van der Waals surface area contributed by atoms with Crippen LogP contribution < -0.4 is 11.1 Å². The van der Waals surface area contributed by atoms with Crippen LogP contribution in [-0.4, -0.2) is 35.4 Å². The van der Waals surface area contributed by atoms with Crippen LogP contribution in [0.25, 0.3) is 10.2 Å². The van der Waals surface area contributed by atoms with Gasteiger partial charge in [-0.05, 0) is 51.0 Å². The Bertz CT molecular complexity index is 1300. The molecule has 3 rings (SSSR count). The number of amides is 1. The van der Waals surface area contributed by atoms with E-state index in [0.717, 1.165) is 29.0 Å². The smallest absolute Gasteiger partial charge is 0.397 e. The van der Waals surface area contributed by atoms with Crippen molar-refractivity contribution in [2.45, 2.75) is 50.1 Å². The van der Waals surface area contributed by atoms with Gasteiger partial charge in [-0.2, -0.15) is 18.3 Å². The van der Waals surface area contributed by atoms with Crippen molar-refractivity contribution in [3.8, 4) is 0 Å². The summed E-state index contributed by atoms with van der Waals surface area (Å²) < 4.78 is 61.4. The van der Waals surface area contributed by atoms with Gasteiger partial charge in [0.25, 0.3) is 5.91 Å². The number of nitrogen functional groups attached to an aromatic ring is 1. The Morgan fingerprint density at radius 3 is 2.28 bits per heavy atom. The number of nitrogens with zero attached hydrogens (tertiary/aromatic N) is 2. The lowest BCUT2D eigenvalue weighted by Gasteiger charge is -2.27. The predicted octanol–water partition coefficient (Wildman–Crippen LogP) is 3.93. The zero-order valence-corrected chi connectivity index (χ0v) is 19.3. The topological polar surface area (TPSA) is 115 Å². The summed E-state index contributed by atoms with van der Waals surface area (Å²) in [5, 5.41) is 11.4. The second-order valence-corrected chi connectivity index (χ2v) is 11.3. The lowest BCUT2D eigenvalue weighted by atomic mass is 10.1. The molecule has 0 saturated carbocycles. The van der Waals surface area contributed by atoms with E-state index in [9.17, 15) is 26.4 Å². The van der Waals surface area contributed by atoms with Gasteiger partial charge in [0.1, 0.15) is 9.71 Å². The largest absolute Gasteiger partial charge is 0.408 e. The molecule has 0 bridgehead atoms. The van der Waals surface area contributed by atoms with Gasteiger partial charge in [-0.3, -0.25) is 4.79 Å². The molecule has 0 aliphatic carbocycles. The number of nitrogens with two attached hydrogens (primary N) is 1. The fourth-order valence-electron chi connectivity index (χ4n) is 2.91. The number of carbonyl (C=O) groups is 1. The SMILES string of the molecule is Cc1nnc2sc(C(=O)NCc3ccc(S(=O)(=O)C(C)(C)C(F)(F)F)cc3)c(N)c2c1C. The van der Waals surface area contributed by atoms with Crippen LogP contribution in [-0.2, 0) is 16.4 Å². The number of benzene rings is 1. The van der Waals surface area contributed by atoms with Crippen LogP contribution >= 0.6 is 11.3 Å². The van der Waals surface area contributed by atoms with E-state index in [1.54, 1.807) is 6.92 Å². The number of nitrogens with one attached hydrogen (secondary N) is 1. The number of sulfone groups is 1. The van der Waals surface area contributed by atoms with Crippen molar-refractivity contribution >= 4 is 43.0 Å². The number of aromatic nitrogens is 2. The van der Waals surface area contributed by atoms with E-state index in [-0.39, 0.29) is 11.4 Å². The van der Waals surface area contributed by atoms with Crippen molar-refractivity contribution in [2.75, 3.05) is 5.73 Å². The lowest BCUT2D eigenvalue weighted by molar-refractivity contribution is -0.153. The van der Waals surface area contributed by atoms with Crippen molar-refractivity contribution in [1.82, 2.24) is 15.5 Å². The summed E-state index contributed by atoms with van der Waals surface area (Å²) >= 11 is 1.10. The molecule has 1 amide bonds. The number of halogens is 3. The van der Waals surface area contributed by atoms with Crippen LogP contribution in [0.3, 0.4) is 0 Å². The number of hydrogen-bond acceptors (Lipinski definition) is 7. The maximum absolute atomic E-state index is 13.2. The molecule has 0 aliphatic rings. The molecule has 12 heteroatoms. The minimum Gasteiger partial charge on any atom is -0.397 e. The summed E-state index contributed by atoms with van der Waals surface area (Å²) in [5.41, 5.74) is 8.49. The summed E-state index contributed by atoms with van der Waals surface area (Å²) in [4.78, 5) is 13.0.